The third kappa shape index (κ3) is 5.62. The van der Waals surface area contributed by atoms with Gasteiger partial charge in [0.1, 0.15) is 11.6 Å². The number of thioether (sulfide) groups is 1. The molecule has 9 nitrogen and oxygen atoms in total. The number of pyridine rings is 2. The fourth-order valence-electron chi connectivity index (χ4n) is 4.28. The second kappa shape index (κ2) is 10.2. The van der Waals surface area contributed by atoms with Crippen molar-refractivity contribution in [2.45, 2.75) is 40.8 Å². The predicted octanol–water partition coefficient (Wildman–Crippen LogP) is 3.95. The van der Waals surface area contributed by atoms with Gasteiger partial charge in [-0.15, -0.1) is 10.2 Å². The first kappa shape index (κ1) is 26.4. The normalized spacial score (nSPS) is 19.1. The van der Waals surface area contributed by atoms with Gasteiger partial charge in [-0.1, -0.05) is 12.1 Å². The van der Waals surface area contributed by atoms with Crippen molar-refractivity contribution < 1.29 is 26.7 Å². The van der Waals surface area contributed by atoms with E-state index in [-0.39, 0.29) is 41.1 Å². The van der Waals surface area contributed by atoms with Gasteiger partial charge in [0, 0.05) is 30.4 Å². The molecule has 1 aliphatic rings. The van der Waals surface area contributed by atoms with Crippen molar-refractivity contribution in [3.63, 3.8) is 0 Å². The lowest BCUT2D eigenvalue weighted by atomic mass is 10.0. The smallest absolute Gasteiger partial charge is 0.390 e. The molecule has 0 saturated carbocycles. The summed E-state index contributed by atoms with van der Waals surface area (Å²) >= 11 is -0.261. The Bertz CT molecular complexity index is 1540. The maximum atomic E-state index is 13.2. The lowest BCUT2D eigenvalue weighted by molar-refractivity contribution is -0.0328. The number of aliphatic hydroxyl groups is 1. The molecule has 5 rings (SSSR count). The van der Waals surface area contributed by atoms with Crippen LogP contribution in [0.25, 0.3) is 16.8 Å². The van der Waals surface area contributed by atoms with E-state index in [0.29, 0.717) is 5.82 Å². The van der Waals surface area contributed by atoms with E-state index in [1.165, 1.54) is 28.6 Å². The molecule has 0 unspecified atom stereocenters. The van der Waals surface area contributed by atoms with Crippen molar-refractivity contribution in [2.24, 2.45) is 0 Å². The average Bonchev–Trinajstić information content (AvgIpc) is 3.25. The number of nitrogens with one attached hydrogen (secondary N) is 1. The Labute approximate surface area is 220 Å². The molecule has 1 fully saturated rings. The highest BCUT2D eigenvalue weighted by Gasteiger charge is 2.35. The van der Waals surface area contributed by atoms with Gasteiger partial charge >= 0.3 is 5.51 Å². The van der Waals surface area contributed by atoms with Crippen LogP contribution < -0.4 is 5.32 Å². The Morgan fingerprint density at radius 3 is 2.45 bits per heavy atom. The van der Waals surface area contributed by atoms with Crippen molar-refractivity contribution in [3.05, 3.63) is 66.7 Å². The Morgan fingerprint density at radius 2 is 1.79 bits per heavy atom. The highest BCUT2D eigenvalue weighted by Crippen LogP contribution is 2.36. The maximum Gasteiger partial charge on any atom is 0.446 e. The number of aliphatic hydroxyl groups excluding tert-OH is 1. The molecular weight excluding hydrogens is 541 g/mol. The molecule has 4 heterocycles. The minimum Gasteiger partial charge on any atom is -0.390 e. The molecule has 0 radical (unpaired) electrons. The molecule has 14 heteroatoms. The summed E-state index contributed by atoms with van der Waals surface area (Å²) in [6, 6.07) is 12.4. The van der Waals surface area contributed by atoms with Gasteiger partial charge in [-0.05, 0) is 72.6 Å². The number of anilines is 1. The lowest BCUT2D eigenvalue weighted by Crippen LogP contribution is -2.51. The first-order valence-corrected chi connectivity index (χ1v) is 13.8. The van der Waals surface area contributed by atoms with Gasteiger partial charge in [-0.25, -0.2) is 13.4 Å². The second-order valence-electron chi connectivity index (χ2n) is 8.81. The summed E-state index contributed by atoms with van der Waals surface area (Å²) in [5, 5.41) is 21.7. The fraction of sp³-hybridized carbons (Fsp3) is 0.292. The zero-order valence-electron chi connectivity index (χ0n) is 20.0. The quantitative estimate of drug-likeness (QED) is 0.339. The summed E-state index contributed by atoms with van der Waals surface area (Å²) < 4.78 is 67.1. The average molecular weight is 565 g/mol. The minimum atomic E-state index is -4.41. The summed E-state index contributed by atoms with van der Waals surface area (Å²) in [5.74, 6) is 1.04. The van der Waals surface area contributed by atoms with Gasteiger partial charge in [0.25, 0.3) is 0 Å². The minimum absolute atomic E-state index is 0.0510. The van der Waals surface area contributed by atoms with Crippen LogP contribution in [-0.4, -0.2) is 68.2 Å². The number of piperidine rings is 1. The molecule has 2 N–H and O–H groups in total. The summed E-state index contributed by atoms with van der Waals surface area (Å²) in [7, 11) is -3.85. The van der Waals surface area contributed by atoms with Crippen molar-refractivity contribution in [1.82, 2.24) is 23.9 Å². The van der Waals surface area contributed by atoms with E-state index >= 15 is 0 Å². The monoisotopic (exact) mass is 564 g/mol. The molecule has 0 bridgehead atoms. The number of aromatic nitrogens is 4. The maximum absolute atomic E-state index is 13.2. The number of fused-ring (bicyclic) bond motifs is 1. The topological polar surface area (TPSA) is 113 Å². The number of alkyl halides is 3. The van der Waals surface area contributed by atoms with E-state index in [0.717, 1.165) is 28.8 Å². The molecule has 0 aliphatic carbocycles. The third-order valence-corrected chi connectivity index (χ3v) is 8.83. The first-order valence-electron chi connectivity index (χ1n) is 11.6. The number of aryl methyl sites for hydroxylation is 1. The SMILES string of the molecule is Cc1nnc2ccc(-c3ccc(S(=O)(=O)N4CC[C@@H](Nc5ccc(SC(F)(F)F)cn5)[C@@H](O)C4)cc3)cn12. The van der Waals surface area contributed by atoms with E-state index in [1.54, 1.807) is 12.1 Å². The molecule has 38 heavy (non-hydrogen) atoms. The zero-order chi connectivity index (χ0) is 27.1. The van der Waals surface area contributed by atoms with Crippen LogP contribution in [0.3, 0.4) is 0 Å². The Hall–Kier alpha value is -3.20. The van der Waals surface area contributed by atoms with Gasteiger partial charge in [-0.2, -0.15) is 17.5 Å². The number of hydrogen-bond donors (Lipinski definition) is 2. The molecular formula is C24H23F3N6O3S2. The molecule has 2 atom stereocenters. The number of sulfonamides is 1. The van der Waals surface area contributed by atoms with Crippen LogP contribution in [0.2, 0.25) is 0 Å². The number of rotatable bonds is 6. The van der Waals surface area contributed by atoms with Crippen LogP contribution in [0, 0.1) is 6.92 Å². The summed E-state index contributed by atoms with van der Waals surface area (Å²) in [5.41, 5.74) is -1.98. The number of benzene rings is 1. The van der Waals surface area contributed by atoms with Crippen LogP contribution in [0.4, 0.5) is 19.0 Å². The van der Waals surface area contributed by atoms with Crippen molar-refractivity contribution in [1.29, 1.82) is 0 Å². The predicted molar refractivity (Wildman–Crippen MR) is 136 cm³/mol. The number of β-amino-alcohol motifs (C(OH)–C–C–N with tert-alkyl or cyclic N) is 1. The molecule has 1 aromatic carbocycles. The molecule has 3 aromatic heterocycles. The summed E-state index contributed by atoms with van der Waals surface area (Å²) in [4.78, 5) is 4.04. The molecule has 4 aromatic rings. The van der Waals surface area contributed by atoms with E-state index in [9.17, 15) is 26.7 Å². The molecule has 0 amide bonds. The van der Waals surface area contributed by atoms with Gasteiger partial charge in [0.15, 0.2) is 5.65 Å². The van der Waals surface area contributed by atoms with Gasteiger partial charge in [-0.3, -0.25) is 4.40 Å². The number of halogens is 3. The highest BCUT2D eigenvalue weighted by atomic mass is 32.2. The zero-order valence-corrected chi connectivity index (χ0v) is 21.6. The summed E-state index contributed by atoms with van der Waals surface area (Å²) in [6.45, 7) is 1.87. The highest BCUT2D eigenvalue weighted by molar-refractivity contribution is 8.00. The van der Waals surface area contributed by atoms with Gasteiger partial charge in [0.05, 0.1) is 17.0 Å². The van der Waals surface area contributed by atoms with Crippen LogP contribution >= 0.6 is 11.8 Å². The van der Waals surface area contributed by atoms with Gasteiger partial charge < -0.3 is 10.4 Å². The Balaban J connectivity index is 1.24. The van der Waals surface area contributed by atoms with Crippen molar-refractivity contribution >= 4 is 33.3 Å². The first-order chi connectivity index (χ1) is 18.0. The largest absolute Gasteiger partial charge is 0.446 e. The van der Waals surface area contributed by atoms with E-state index in [2.05, 4.69) is 20.5 Å². The van der Waals surface area contributed by atoms with E-state index < -0.39 is 27.7 Å². The third-order valence-electron chi connectivity index (χ3n) is 6.25. The van der Waals surface area contributed by atoms with Crippen LogP contribution in [0.15, 0.2) is 70.7 Å². The number of nitrogens with zero attached hydrogens (tertiary/aromatic N) is 5. The van der Waals surface area contributed by atoms with Crippen LogP contribution in [0.5, 0.6) is 0 Å². The Morgan fingerprint density at radius 1 is 1.05 bits per heavy atom. The number of hydrogen-bond acceptors (Lipinski definition) is 8. The molecule has 0 spiro atoms. The van der Waals surface area contributed by atoms with Crippen molar-refractivity contribution in [2.75, 3.05) is 18.4 Å². The van der Waals surface area contributed by atoms with Crippen LogP contribution in [-0.2, 0) is 10.0 Å². The summed E-state index contributed by atoms with van der Waals surface area (Å²) in [6.07, 6.45) is 2.24. The lowest BCUT2D eigenvalue weighted by Gasteiger charge is -2.35. The van der Waals surface area contributed by atoms with Gasteiger partial charge in [0.2, 0.25) is 10.0 Å². The standard InChI is InChI=1S/C24H23F3N6O3S2/c1-15-30-31-23-9-4-17(13-33(15)23)16-2-6-19(7-3-16)38(35,36)32-11-10-20(21(34)14-32)29-22-8-5-18(12-28-22)37-24(25,26)27/h2-9,12-13,20-21,34H,10-11,14H2,1H3,(H,28,29)/t20-,21+/m1/s1. The Kier molecular flexibility index (Phi) is 7.07. The molecule has 200 valence electrons. The van der Waals surface area contributed by atoms with E-state index in [4.69, 9.17) is 0 Å². The van der Waals surface area contributed by atoms with E-state index in [1.807, 2.05) is 29.7 Å². The van der Waals surface area contributed by atoms with Crippen LogP contribution in [0.1, 0.15) is 12.2 Å². The molecule has 1 saturated heterocycles. The molecule has 1 aliphatic heterocycles. The van der Waals surface area contributed by atoms with Crippen molar-refractivity contribution in [3.8, 4) is 11.1 Å². The fourth-order valence-corrected chi connectivity index (χ4v) is 6.27. The second-order valence-corrected chi connectivity index (χ2v) is 11.9.